The summed E-state index contributed by atoms with van der Waals surface area (Å²) in [4.78, 5) is 12.2. The molecular formula is C31H59NO4. The van der Waals surface area contributed by atoms with Gasteiger partial charge in [-0.3, -0.25) is 4.79 Å². The molecule has 0 spiro atoms. The molecule has 5 nitrogen and oxygen atoms in total. The molecule has 0 saturated carbocycles. The number of rotatable bonds is 26. The van der Waals surface area contributed by atoms with E-state index < -0.39 is 18.2 Å². The summed E-state index contributed by atoms with van der Waals surface area (Å²) in [5.41, 5.74) is 0. The first-order valence-electron chi connectivity index (χ1n) is 15.1. The smallest absolute Gasteiger partial charge is 0.220 e. The van der Waals surface area contributed by atoms with Gasteiger partial charge in [0, 0.05) is 6.42 Å². The van der Waals surface area contributed by atoms with E-state index >= 15 is 0 Å². The van der Waals surface area contributed by atoms with Crippen LogP contribution in [0.5, 0.6) is 0 Å². The number of amides is 1. The van der Waals surface area contributed by atoms with Crippen molar-refractivity contribution >= 4 is 5.91 Å². The third-order valence-corrected chi connectivity index (χ3v) is 6.80. The minimum absolute atomic E-state index is 0.163. The van der Waals surface area contributed by atoms with Gasteiger partial charge in [-0.25, -0.2) is 0 Å². The maximum absolute atomic E-state index is 12.2. The molecule has 0 radical (unpaired) electrons. The number of carbonyl (C=O) groups is 1. The Balaban J connectivity index is 3.80. The Bertz CT molecular complexity index is 535. The van der Waals surface area contributed by atoms with E-state index in [-0.39, 0.29) is 12.5 Å². The highest BCUT2D eigenvalue weighted by molar-refractivity contribution is 5.76. The molecule has 0 aliphatic rings. The van der Waals surface area contributed by atoms with Crippen LogP contribution in [0.1, 0.15) is 142 Å². The van der Waals surface area contributed by atoms with Crippen molar-refractivity contribution in [2.45, 2.75) is 161 Å². The zero-order valence-electron chi connectivity index (χ0n) is 23.6. The molecule has 36 heavy (non-hydrogen) atoms. The van der Waals surface area contributed by atoms with Gasteiger partial charge in [0.05, 0.1) is 18.8 Å². The maximum Gasteiger partial charge on any atom is 0.220 e. The van der Waals surface area contributed by atoms with E-state index in [1.807, 2.05) is 0 Å². The van der Waals surface area contributed by atoms with Crippen LogP contribution < -0.4 is 5.32 Å². The molecule has 212 valence electrons. The van der Waals surface area contributed by atoms with E-state index in [4.69, 9.17) is 0 Å². The molecule has 3 atom stereocenters. The lowest BCUT2D eigenvalue weighted by molar-refractivity contribution is -0.124. The van der Waals surface area contributed by atoms with Gasteiger partial charge in [0.1, 0.15) is 6.10 Å². The van der Waals surface area contributed by atoms with Gasteiger partial charge >= 0.3 is 0 Å². The quantitative estimate of drug-likeness (QED) is 0.0737. The monoisotopic (exact) mass is 509 g/mol. The third kappa shape index (κ3) is 22.1. The van der Waals surface area contributed by atoms with Gasteiger partial charge in [0.2, 0.25) is 5.91 Å². The number of hydrogen-bond acceptors (Lipinski definition) is 4. The number of aliphatic hydroxyl groups is 3. The summed E-state index contributed by atoms with van der Waals surface area (Å²) in [7, 11) is 0. The summed E-state index contributed by atoms with van der Waals surface area (Å²) < 4.78 is 0. The van der Waals surface area contributed by atoms with E-state index in [0.29, 0.717) is 12.8 Å². The van der Waals surface area contributed by atoms with Crippen LogP contribution in [0.3, 0.4) is 0 Å². The van der Waals surface area contributed by atoms with E-state index in [1.54, 1.807) is 0 Å². The maximum atomic E-state index is 12.2. The third-order valence-electron chi connectivity index (χ3n) is 6.80. The minimum atomic E-state index is -1.16. The summed E-state index contributed by atoms with van der Waals surface area (Å²) in [6.07, 6.45) is 28.4. The summed E-state index contributed by atoms with van der Waals surface area (Å²) in [6.45, 7) is 4.00. The molecule has 0 heterocycles. The lowest BCUT2D eigenvalue weighted by atomic mass is 10.0. The molecule has 0 aliphatic carbocycles. The lowest BCUT2D eigenvalue weighted by Gasteiger charge is -2.26. The largest absolute Gasteiger partial charge is 0.394 e. The van der Waals surface area contributed by atoms with E-state index in [9.17, 15) is 20.1 Å². The molecule has 0 aromatic carbocycles. The Morgan fingerprint density at radius 1 is 0.694 bits per heavy atom. The molecule has 1 amide bonds. The molecular weight excluding hydrogens is 450 g/mol. The molecule has 4 N–H and O–H groups in total. The first-order valence-corrected chi connectivity index (χ1v) is 15.1. The van der Waals surface area contributed by atoms with Crippen molar-refractivity contribution in [1.82, 2.24) is 5.32 Å². The molecule has 0 aliphatic heterocycles. The molecule has 5 heteroatoms. The highest BCUT2D eigenvalue weighted by Gasteiger charge is 2.26. The number of aliphatic hydroxyl groups excluding tert-OH is 3. The van der Waals surface area contributed by atoms with Crippen molar-refractivity contribution in [1.29, 1.82) is 0 Å². The molecule has 0 rings (SSSR count). The Hall–Kier alpha value is -1.17. The molecule has 3 unspecified atom stereocenters. The normalized spacial score (nSPS) is 14.5. The second kappa shape index (κ2) is 26.9. The van der Waals surface area contributed by atoms with Gasteiger partial charge in [0.25, 0.3) is 0 Å². The number of hydrogen-bond donors (Lipinski definition) is 4. The SMILES string of the molecule is CC/C=C/CC/C=C/CCCC(O)C(O)C(CO)NC(=O)CCCCCCCCCCCCCCC. The van der Waals surface area contributed by atoms with Gasteiger partial charge < -0.3 is 20.6 Å². The Morgan fingerprint density at radius 3 is 1.72 bits per heavy atom. The van der Waals surface area contributed by atoms with Crippen molar-refractivity contribution in [2.24, 2.45) is 0 Å². The number of carbonyl (C=O) groups excluding carboxylic acids is 1. The van der Waals surface area contributed by atoms with Crippen LogP contribution in [0.25, 0.3) is 0 Å². The number of nitrogens with one attached hydrogen (secondary N) is 1. The van der Waals surface area contributed by atoms with Crippen molar-refractivity contribution in [3.63, 3.8) is 0 Å². The highest BCUT2D eigenvalue weighted by atomic mass is 16.3. The molecule has 0 fully saturated rings. The van der Waals surface area contributed by atoms with Gasteiger partial charge in [0.15, 0.2) is 0 Å². The predicted molar refractivity (Wildman–Crippen MR) is 153 cm³/mol. The van der Waals surface area contributed by atoms with Gasteiger partial charge in [-0.15, -0.1) is 0 Å². The fourth-order valence-electron chi connectivity index (χ4n) is 4.42. The molecule has 0 bridgehead atoms. The van der Waals surface area contributed by atoms with E-state index in [1.165, 1.54) is 64.2 Å². The highest BCUT2D eigenvalue weighted by Crippen LogP contribution is 2.14. The average molecular weight is 510 g/mol. The van der Waals surface area contributed by atoms with Crippen LogP contribution in [-0.4, -0.2) is 46.1 Å². The van der Waals surface area contributed by atoms with Crippen molar-refractivity contribution in [3.8, 4) is 0 Å². The standard InChI is InChI=1S/C31H59NO4/c1-3-5-7-9-11-13-14-15-16-18-20-22-24-26-30(35)32-28(27-33)31(36)29(34)25-23-21-19-17-12-10-8-6-4-2/h6,8,17,19,28-29,31,33-34,36H,3-5,7,9-16,18,20-27H2,1-2H3,(H,32,35)/b8-6+,19-17+. The Morgan fingerprint density at radius 2 is 1.19 bits per heavy atom. The van der Waals surface area contributed by atoms with Crippen LogP contribution >= 0.6 is 0 Å². The zero-order valence-corrected chi connectivity index (χ0v) is 23.6. The fraction of sp³-hybridized carbons (Fsp3) is 0.839. The number of allylic oxidation sites excluding steroid dienone is 4. The number of unbranched alkanes of at least 4 members (excludes halogenated alkanes) is 14. The molecule has 0 saturated heterocycles. The Kier molecular flexibility index (Phi) is 26.0. The molecule has 0 aromatic heterocycles. The van der Waals surface area contributed by atoms with Crippen molar-refractivity contribution in [3.05, 3.63) is 24.3 Å². The summed E-state index contributed by atoms with van der Waals surface area (Å²) in [5.74, 6) is -0.163. The summed E-state index contributed by atoms with van der Waals surface area (Å²) in [6, 6.07) is -0.824. The van der Waals surface area contributed by atoms with Crippen LogP contribution in [0.2, 0.25) is 0 Å². The first-order chi connectivity index (χ1) is 17.6. The average Bonchev–Trinajstić information content (AvgIpc) is 2.88. The first kappa shape index (κ1) is 34.8. The van der Waals surface area contributed by atoms with Crippen LogP contribution in [-0.2, 0) is 4.79 Å². The van der Waals surface area contributed by atoms with E-state index in [2.05, 4.69) is 43.5 Å². The summed E-state index contributed by atoms with van der Waals surface area (Å²) in [5, 5.41) is 33.0. The fourth-order valence-corrected chi connectivity index (χ4v) is 4.42. The predicted octanol–water partition coefficient (Wildman–Crippen LogP) is 7.14. The van der Waals surface area contributed by atoms with Crippen LogP contribution in [0.4, 0.5) is 0 Å². The molecule has 0 aromatic rings. The van der Waals surface area contributed by atoms with Crippen LogP contribution in [0, 0.1) is 0 Å². The second-order valence-corrected chi connectivity index (χ2v) is 10.3. The van der Waals surface area contributed by atoms with Crippen molar-refractivity contribution < 1.29 is 20.1 Å². The zero-order chi connectivity index (χ0) is 26.7. The lowest BCUT2D eigenvalue weighted by Crippen LogP contribution is -2.50. The topological polar surface area (TPSA) is 89.8 Å². The van der Waals surface area contributed by atoms with Crippen molar-refractivity contribution in [2.75, 3.05) is 6.61 Å². The summed E-state index contributed by atoms with van der Waals surface area (Å²) >= 11 is 0. The Labute approximate surface area is 222 Å². The van der Waals surface area contributed by atoms with Gasteiger partial charge in [-0.1, -0.05) is 115 Å². The van der Waals surface area contributed by atoms with Crippen LogP contribution in [0.15, 0.2) is 24.3 Å². The van der Waals surface area contributed by atoms with Gasteiger partial charge in [-0.2, -0.15) is 0 Å². The second-order valence-electron chi connectivity index (χ2n) is 10.3. The van der Waals surface area contributed by atoms with E-state index in [0.717, 1.165) is 51.4 Å². The van der Waals surface area contributed by atoms with Gasteiger partial charge in [-0.05, 0) is 44.9 Å². The minimum Gasteiger partial charge on any atom is -0.394 e.